The summed E-state index contributed by atoms with van der Waals surface area (Å²) in [6.45, 7) is 2.08. The first-order valence-electron chi connectivity index (χ1n) is 6.92. The molecule has 7 heteroatoms. The third kappa shape index (κ3) is 4.57. The molecule has 6 nitrogen and oxygen atoms in total. The molecule has 0 saturated carbocycles. The minimum absolute atomic E-state index is 0.118. The van der Waals surface area contributed by atoms with Crippen molar-refractivity contribution in [3.63, 3.8) is 0 Å². The van der Waals surface area contributed by atoms with Crippen LogP contribution in [0.3, 0.4) is 0 Å². The molecule has 23 heavy (non-hydrogen) atoms. The average Bonchev–Trinajstić information content (AvgIpc) is 2.85. The summed E-state index contributed by atoms with van der Waals surface area (Å²) in [6, 6.07) is 5.53. The Morgan fingerprint density at radius 3 is 2.65 bits per heavy atom. The largest absolute Gasteiger partial charge is 0.492 e. The Kier molecular flexibility index (Phi) is 5.35. The van der Waals surface area contributed by atoms with Crippen molar-refractivity contribution < 1.29 is 28.2 Å². The van der Waals surface area contributed by atoms with Crippen LogP contribution in [-0.2, 0) is 11.2 Å². The van der Waals surface area contributed by atoms with Crippen LogP contribution in [0.2, 0.25) is 0 Å². The first-order valence-corrected chi connectivity index (χ1v) is 6.92. The average molecular weight is 321 g/mol. The molecule has 0 bridgehead atoms. The van der Waals surface area contributed by atoms with Crippen molar-refractivity contribution in [3.05, 3.63) is 53.2 Å². The Morgan fingerprint density at radius 1 is 1.30 bits per heavy atom. The highest BCUT2D eigenvalue weighted by Gasteiger charge is 2.20. The van der Waals surface area contributed by atoms with E-state index in [0.717, 1.165) is 0 Å². The van der Waals surface area contributed by atoms with E-state index >= 15 is 0 Å². The zero-order valence-electron chi connectivity index (χ0n) is 12.5. The molecular weight excluding hydrogens is 305 g/mol. The Bertz CT molecular complexity index is 693. The zero-order chi connectivity index (χ0) is 16.8. The Labute approximate surface area is 131 Å². The number of carbonyl (C=O) groups is 2. The normalized spacial score (nSPS) is 10.3. The number of aryl methyl sites for hydroxylation is 1. The van der Waals surface area contributed by atoms with Gasteiger partial charge in [0.2, 0.25) is 0 Å². The van der Waals surface area contributed by atoms with Gasteiger partial charge in [-0.2, -0.15) is 0 Å². The van der Waals surface area contributed by atoms with Crippen molar-refractivity contribution in [2.75, 3.05) is 13.2 Å². The maximum Gasteiger partial charge on any atom is 0.311 e. The number of furan rings is 1. The van der Waals surface area contributed by atoms with Gasteiger partial charge in [-0.1, -0.05) is 0 Å². The van der Waals surface area contributed by atoms with Gasteiger partial charge >= 0.3 is 5.97 Å². The molecule has 1 heterocycles. The van der Waals surface area contributed by atoms with Gasteiger partial charge in [0, 0.05) is 5.56 Å². The minimum Gasteiger partial charge on any atom is -0.492 e. The van der Waals surface area contributed by atoms with Gasteiger partial charge in [0.05, 0.1) is 18.4 Å². The summed E-state index contributed by atoms with van der Waals surface area (Å²) in [5.74, 6) is -1.24. The second-order valence-corrected chi connectivity index (χ2v) is 4.85. The number of hydrogen-bond acceptors (Lipinski definition) is 4. The quantitative estimate of drug-likeness (QED) is 0.763. The second-order valence-electron chi connectivity index (χ2n) is 4.85. The minimum atomic E-state index is -1.08. The summed E-state index contributed by atoms with van der Waals surface area (Å²) < 4.78 is 23.2. The summed E-state index contributed by atoms with van der Waals surface area (Å²) in [4.78, 5) is 22.9. The number of aliphatic carboxylic acids is 1. The van der Waals surface area contributed by atoms with Gasteiger partial charge in [-0.25, -0.2) is 4.39 Å². The lowest BCUT2D eigenvalue weighted by atomic mass is 10.1. The number of nitrogens with one attached hydrogen (secondary N) is 1. The van der Waals surface area contributed by atoms with Crippen LogP contribution in [0.15, 0.2) is 34.9 Å². The highest BCUT2D eigenvalue weighted by atomic mass is 19.1. The van der Waals surface area contributed by atoms with Crippen molar-refractivity contribution >= 4 is 11.9 Å². The molecule has 122 valence electrons. The van der Waals surface area contributed by atoms with Crippen LogP contribution >= 0.6 is 0 Å². The molecule has 0 aliphatic heterocycles. The highest BCUT2D eigenvalue weighted by Crippen LogP contribution is 2.17. The number of benzene rings is 1. The van der Waals surface area contributed by atoms with Gasteiger partial charge in [0.1, 0.15) is 30.4 Å². The number of hydrogen-bond donors (Lipinski definition) is 2. The summed E-state index contributed by atoms with van der Waals surface area (Å²) in [5.41, 5.74) is 0.799. The summed E-state index contributed by atoms with van der Waals surface area (Å²) >= 11 is 0. The molecule has 2 aromatic rings. The Balaban J connectivity index is 1.86. The molecule has 1 aromatic carbocycles. The predicted molar refractivity (Wildman–Crippen MR) is 79.0 cm³/mol. The number of carbonyl (C=O) groups excluding carboxylic acids is 1. The molecule has 0 atom stereocenters. The SMILES string of the molecule is Cc1coc(CC(=O)O)c1C(=O)NCCOc1ccc(F)cc1. The molecule has 1 aromatic heterocycles. The number of ether oxygens (including phenoxy) is 1. The second kappa shape index (κ2) is 7.44. The van der Waals surface area contributed by atoms with E-state index in [1.165, 1.54) is 30.5 Å². The fraction of sp³-hybridized carbons (Fsp3) is 0.250. The van der Waals surface area contributed by atoms with Crippen molar-refractivity contribution in [3.8, 4) is 5.75 Å². The highest BCUT2D eigenvalue weighted by molar-refractivity contribution is 5.97. The van der Waals surface area contributed by atoms with E-state index in [2.05, 4.69) is 5.32 Å². The van der Waals surface area contributed by atoms with Gasteiger partial charge in [-0.05, 0) is 31.2 Å². The van der Waals surface area contributed by atoms with Crippen LogP contribution in [0.25, 0.3) is 0 Å². The lowest BCUT2D eigenvalue weighted by molar-refractivity contribution is -0.136. The molecule has 0 unspecified atom stereocenters. The standard InChI is InChI=1S/C16H16FNO5/c1-10-9-23-13(8-14(19)20)15(10)16(21)18-6-7-22-12-4-2-11(17)3-5-12/h2-5,9H,6-8H2,1H3,(H,18,21)(H,19,20). The van der Waals surface area contributed by atoms with Crippen molar-refractivity contribution in [2.24, 2.45) is 0 Å². The number of amides is 1. The predicted octanol–water partition coefficient (Wildman–Crippen LogP) is 2.16. The van der Waals surface area contributed by atoms with Crippen molar-refractivity contribution in [1.29, 1.82) is 0 Å². The summed E-state index contributed by atoms with van der Waals surface area (Å²) in [5, 5.41) is 11.4. The van der Waals surface area contributed by atoms with Gasteiger partial charge in [-0.3, -0.25) is 9.59 Å². The van der Waals surface area contributed by atoms with Crippen LogP contribution in [-0.4, -0.2) is 30.1 Å². The lowest BCUT2D eigenvalue weighted by Crippen LogP contribution is -2.29. The van der Waals surface area contributed by atoms with E-state index in [9.17, 15) is 14.0 Å². The monoisotopic (exact) mass is 321 g/mol. The molecule has 2 rings (SSSR count). The maximum absolute atomic E-state index is 12.7. The first-order chi connectivity index (χ1) is 11.0. The van der Waals surface area contributed by atoms with Crippen LogP contribution in [0.5, 0.6) is 5.75 Å². The number of halogens is 1. The third-order valence-electron chi connectivity index (χ3n) is 3.06. The van der Waals surface area contributed by atoms with E-state index in [-0.39, 0.29) is 36.7 Å². The third-order valence-corrected chi connectivity index (χ3v) is 3.06. The molecule has 0 spiro atoms. The van der Waals surface area contributed by atoms with Gasteiger partial charge in [-0.15, -0.1) is 0 Å². The van der Waals surface area contributed by atoms with Crippen molar-refractivity contribution in [1.82, 2.24) is 5.32 Å². The summed E-state index contributed by atoms with van der Waals surface area (Å²) in [6.07, 6.45) is 0.991. The molecule has 1 amide bonds. The van der Waals surface area contributed by atoms with E-state index in [0.29, 0.717) is 11.3 Å². The molecule has 0 saturated heterocycles. The van der Waals surface area contributed by atoms with Crippen LogP contribution in [0, 0.1) is 12.7 Å². The number of carboxylic acid groups (broad SMARTS) is 1. The summed E-state index contributed by atoms with van der Waals surface area (Å²) in [7, 11) is 0. The molecule has 0 radical (unpaired) electrons. The fourth-order valence-electron chi connectivity index (χ4n) is 2.02. The molecular formula is C16H16FNO5. The van der Waals surface area contributed by atoms with E-state index in [4.69, 9.17) is 14.3 Å². The molecule has 0 aliphatic rings. The smallest absolute Gasteiger partial charge is 0.311 e. The van der Waals surface area contributed by atoms with Gasteiger partial charge in [0.25, 0.3) is 5.91 Å². The Morgan fingerprint density at radius 2 is 2.00 bits per heavy atom. The van der Waals surface area contributed by atoms with E-state index < -0.39 is 11.9 Å². The lowest BCUT2D eigenvalue weighted by Gasteiger charge is -2.08. The van der Waals surface area contributed by atoms with E-state index in [1.54, 1.807) is 6.92 Å². The van der Waals surface area contributed by atoms with Gasteiger partial charge < -0.3 is 19.6 Å². The molecule has 2 N–H and O–H groups in total. The van der Waals surface area contributed by atoms with Crippen LogP contribution < -0.4 is 10.1 Å². The van der Waals surface area contributed by atoms with Gasteiger partial charge in [0.15, 0.2) is 0 Å². The Hall–Kier alpha value is -2.83. The fourth-order valence-corrected chi connectivity index (χ4v) is 2.02. The number of carboxylic acids is 1. The van der Waals surface area contributed by atoms with Crippen molar-refractivity contribution in [2.45, 2.75) is 13.3 Å². The molecule has 0 fully saturated rings. The first kappa shape index (κ1) is 16.5. The van der Waals surface area contributed by atoms with Crippen LogP contribution in [0.4, 0.5) is 4.39 Å². The van der Waals surface area contributed by atoms with Crippen LogP contribution in [0.1, 0.15) is 21.7 Å². The maximum atomic E-state index is 12.7. The topological polar surface area (TPSA) is 88.8 Å². The zero-order valence-corrected chi connectivity index (χ0v) is 12.5. The molecule has 0 aliphatic carbocycles. The number of rotatable bonds is 7. The van der Waals surface area contributed by atoms with E-state index in [1.807, 2.05) is 0 Å².